The van der Waals surface area contributed by atoms with Gasteiger partial charge in [0.25, 0.3) is 0 Å². The number of halogens is 2. The molecule has 1 atom stereocenters. The van der Waals surface area contributed by atoms with Crippen molar-refractivity contribution in [1.82, 2.24) is 14.9 Å². The number of hydrogen-bond acceptors (Lipinski definition) is 6. The largest absolute Gasteiger partial charge is 0.507 e. The van der Waals surface area contributed by atoms with E-state index >= 15 is 0 Å². The zero-order valence-corrected chi connectivity index (χ0v) is 19.2. The molecule has 9 heteroatoms. The van der Waals surface area contributed by atoms with Gasteiger partial charge in [-0.3, -0.25) is 0 Å². The molecule has 2 aromatic carbocycles. The van der Waals surface area contributed by atoms with Crippen LogP contribution in [0, 0.1) is 5.82 Å². The van der Waals surface area contributed by atoms with Crippen LogP contribution in [0.1, 0.15) is 26.2 Å². The van der Waals surface area contributed by atoms with Crippen LogP contribution >= 0.6 is 15.9 Å². The monoisotopic (exact) mass is 502 g/mol. The molecule has 1 fully saturated rings. The third kappa shape index (κ3) is 4.93. The third-order valence-corrected chi connectivity index (χ3v) is 5.86. The first-order valence-electron chi connectivity index (χ1n) is 10.6. The second kappa shape index (κ2) is 9.68. The maximum Gasteiger partial charge on any atom is 0.409 e. The van der Waals surface area contributed by atoms with Gasteiger partial charge in [-0.1, -0.05) is 29.3 Å². The maximum absolute atomic E-state index is 13.8. The number of unbranched alkanes of at least 4 members (excludes halogenated alkanes) is 1. The van der Waals surface area contributed by atoms with E-state index in [1.165, 1.54) is 18.2 Å². The molecule has 2 N–H and O–H groups in total. The highest BCUT2D eigenvalue weighted by atomic mass is 79.9. The normalized spacial score (nSPS) is 15.8. The van der Waals surface area contributed by atoms with Gasteiger partial charge < -0.3 is 20.1 Å². The Kier molecular flexibility index (Phi) is 6.74. The molecule has 1 saturated heterocycles. The average Bonchev–Trinajstić information content (AvgIpc) is 3.23. The van der Waals surface area contributed by atoms with Gasteiger partial charge >= 0.3 is 6.09 Å². The molecule has 0 radical (unpaired) electrons. The average molecular weight is 503 g/mol. The van der Waals surface area contributed by atoms with E-state index in [9.17, 15) is 14.3 Å². The Morgan fingerprint density at radius 2 is 2.16 bits per heavy atom. The second-order valence-corrected chi connectivity index (χ2v) is 8.68. The number of likely N-dealkylation sites (tertiary alicyclic amines) is 1. The summed E-state index contributed by atoms with van der Waals surface area (Å²) in [5, 5.41) is 14.4. The molecule has 1 aliphatic rings. The number of nitrogens with zero attached hydrogens (tertiary/aromatic N) is 3. The number of phenols is 1. The number of benzene rings is 2. The molecular formula is C23H24BrFN4O3. The molecule has 2 heterocycles. The van der Waals surface area contributed by atoms with E-state index in [-0.39, 0.29) is 29.3 Å². The van der Waals surface area contributed by atoms with E-state index < -0.39 is 5.82 Å². The third-order valence-electron chi connectivity index (χ3n) is 5.37. The summed E-state index contributed by atoms with van der Waals surface area (Å²) in [6, 6.07) is 9.28. The Morgan fingerprint density at radius 1 is 1.31 bits per heavy atom. The lowest BCUT2D eigenvalue weighted by Gasteiger charge is -2.18. The standard InChI is InChI=1S/C23H24BrFN4O3/c1-2-3-10-32-23(31)29-9-8-16(13-29)26-21-17-6-4-14(24)11-19(17)27-22(28-21)18-12-15(25)5-7-20(18)30/h4-7,11-12,16,30H,2-3,8-10,13H2,1H3,(H,26,27,28). The lowest BCUT2D eigenvalue weighted by molar-refractivity contribution is 0.109. The molecule has 168 valence electrons. The molecule has 0 aliphatic carbocycles. The summed E-state index contributed by atoms with van der Waals surface area (Å²) in [5.41, 5.74) is 0.854. The molecule has 4 rings (SSSR count). The molecular weight excluding hydrogens is 479 g/mol. The highest BCUT2D eigenvalue weighted by molar-refractivity contribution is 9.10. The number of aromatic hydroxyl groups is 1. The molecule has 1 aliphatic heterocycles. The predicted molar refractivity (Wildman–Crippen MR) is 124 cm³/mol. The number of carbonyl (C=O) groups excluding carboxylic acids is 1. The lowest BCUT2D eigenvalue weighted by atomic mass is 10.1. The van der Waals surface area contributed by atoms with Gasteiger partial charge in [0.15, 0.2) is 5.82 Å². The Labute approximate surface area is 193 Å². The van der Waals surface area contributed by atoms with Crippen molar-refractivity contribution < 1.29 is 19.0 Å². The summed E-state index contributed by atoms with van der Waals surface area (Å²) in [4.78, 5) is 23.1. The van der Waals surface area contributed by atoms with Crippen molar-refractivity contribution in [2.45, 2.75) is 32.2 Å². The molecule has 0 bridgehead atoms. The Balaban J connectivity index is 1.61. The van der Waals surface area contributed by atoms with Gasteiger partial charge in [0.1, 0.15) is 17.4 Å². The number of amides is 1. The van der Waals surface area contributed by atoms with Crippen LogP contribution in [0.25, 0.3) is 22.3 Å². The predicted octanol–water partition coefficient (Wildman–Crippen LogP) is 5.33. The number of ether oxygens (including phenoxy) is 1. The minimum atomic E-state index is -0.488. The van der Waals surface area contributed by atoms with Crippen molar-refractivity contribution in [3.63, 3.8) is 0 Å². The highest BCUT2D eigenvalue weighted by Crippen LogP contribution is 2.32. The first-order valence-corrected chi connectivity index (χ1v) is 11.4. The first kappa shape index (κ1) is 22.3. The van der Waals surface area contributed by atoms with E-state index in [4.69, 9.17) is 4.74 Å². The molecule has 1 aromatic heterocycles. The molecule has 3 aromatic rings. The fourth-order valence-electron chi connectivity index (χ4n) is 3.65. The second-order valence-electron chi connectivity index (χ2n) is 7.76. The van der Waals surface area contributed by atoms with Gasteiger partial charge in [0, 0.05) is 29.0 Å². The minimum Gasteiger partial charge on any atom is -0.507 e. The van der Waals surface area contributed by atoms with Gasteiger partial charge in [0.2, 0.25) is 0 Å². The fraction of sp³-hybridized carbons (Fsp3) is 0.348. The van der Waals surface area contributed by atoms with Crippen LogP contribution < -0.4 is 5.32 Å². The number of rotatable bonds is 6. The summed E-state index contributed by atoms with van der Waals surface area (Å²) >= 11 is 3.45. The summed E-state index contributed by atoms with van der Waals surface area (Å²) < 4.78 is 20.0. The van der Waals surface area contributed by atoms with E-state index in [1.54, 1.807) is 4.90 Å². The fourth-order valence-corrected chi connectivity index (χ4v) is 4.00. The van der Waals surface area contributed by atoms with Gasteiger partial charge in [-0.05, 0) is 49.2 Å². The van der Waals surface area contributed by atoms with Crippen LogP contribution in [0.15, 0.2) is 40.9 Å². The van der Waals surface area contributed by atoms with Crippen LogP contribution in [-0.2, 0) is 4.74 Å². The molecule has 0 saturated carbocycles. The number of carbonyl (C=O) groups is 1. The van der Waals surface area contributed by atoms with E-state index in [0.717, 1.165) is 29.1 Å². The molecule has 32 heavy (non-hydrogen) atoms. The maximum atomic E-state index is 13.8. The quantitative estimate of drug-likeness (QED) is 0.443. The van der Waals surface area contributed by atoms with E-state index in [2.05, 4.69) is 31.2 Å². The smallest absolute Gasteiger partial charge is 0.409 e. The van der Waals surface area contributed by atoms with Gasteiger partial charge in [-0.25, -0.2) is 19.2 Å². The number of aromatic nitrogens is 2. The van der Waals surface area contributed by atoms with Crippen LogP contribution in [0.2, 0.25) is 0 Å². The zero-order chi connectivity index (χ0) is 22.7. The van der Waals surface area contributed by atoms with Crippen molar-refractivity contribution in [3.8, 4) is 17.1 Å². The summed E-state index contributed by atoms with van der Waals surface area (Å²) in [7, 11) is 0. The summed E-state index contributed by atoms with van der Waals surface area (Å²) in [6.45, 7) is 3.56. The molecule has 7 nitrogen and oxygen atoms in total. The molecule has 1 unspecified atom stereocenters. The van der Waals surface area contributed by atoms with Crippen LogP contribution in [0.3, 0.4) is 0 Å². The first-order chi connectivity index (χ1) is 15.4. The zero-order valence-electron chi connectivity index (χ0n) is 17.6. The summed E-state index contributed by atoms with van der Waals surface area (Å²) in [5.74, 6) is 0.183. The topological polar surface area (TPSA) is 87.6 Å². The van der Waals surface area contributed by atoms with Crippen molar-refractivity contribution in [1.29, 1.82) is 0 Å². The van der Waals surface area contributed by atoms with E-state index in [1.807, 2.05) is 25.1 Å². The lowest BCUT2D eigenvalue weighted by Crippen LogP contribution is -2.32. The van der Waals surface area contributed by atoms with Crippen molar-refractivity contribution in [2.24, 2.45) is 0 Å². The van der Waals surface area contributed by atoms with Crippen molar-refractivity contribution in [2.75, 3.05) is 25.0 Å². The van der Waals surface area contributed by atoms with Gasteiger partial charge in [0.05, 0.1) is 17.7 Å². The van der Waals surface area contributed by atoms with E-state index in [0.29, 0.717) is 31.0 Å². The van der Waals surface area contributed by atoms with Crippen molar-refractivity contribution in [3.05, 3.63) is 46.7 Å². The minimum absolute atomic E-state index is 0.0237. The SMILES string of the molecule is CCCCOC(=O)N1CCC(Nc2nc(-c3cc(F)ccc3O)nc3cc(Br)ccc23)C1. The number of anilines is 1. The molecule has 1 amide bonds. The van der Waals surface area contributed by atoms with Gasteiger partial charge in [-0.15, -0.1) is 0 Å². The number of hydrogen-bond donors (Lipinski definition) is 2. The number of nitrogens with one attached hydrogen (secondary N) is 1. The Morgan fingerprint density at radius 3 is 2.97 bits per heavy atom. The number of fused-ring (bicyclic) bond motifs is 1. The van der Waals surface area contributed by atoms with Gasteiger partial charge in [-0.2, -0.15) is 0 Å². The summed E-state index contributed by atoms with van der Waals surface area (Å²) in [6.07, 6.45) is 2.26. The number of phenolic OH excluding ortho intramolecular Hbond substituents is 1. The molecule has 0 spiro atoms. The van der Waals surface area contributed by atoms with Crippen molar-refractivity contribution >= 4 is 38.7 Å². The van der Waals surface area contributed by atoms with Crippen LogP contribution in [-0.4, -0.2) is 51.8 Å². The highest BCUT2D eigenvalue weighted by Gasteiger charge is 2.28. The Hall–Kier alpha value is -2.94. The Bertz CT molecular complexity index is 1140. The van der Waals surface area contributed by atoms with Crippen LogP contribution in [0.5, 0.6) is 5.75 Å². The van der Waals surface area contributed by atoms with Crippen LogP contribution in [0.4, 0.5) is 15.0 Å².